The summed E-state index contributed by atoms with van der Waals surface area (Å²) in [7, 11) is 0. The van der Waals surface area contributed by atoms with E-state index < -0.39 is 0 Å². The lowest BCUT2D eigenvalue weighted by atomic mass is 9.99. The standard InChI is InChI=1S/C19H18ClN7/c1-11-4-3-6-27-15(11)8-14(25-27)18-17-13(22-10-23-17)5-7-26(18)19-12(2)21-9-16(20)24-19/h3-4,6,8-10,18H,5,7H2,1-2H3,(H,22,23)/t18-/m1/s1. The van der Waals surface area contributed by atoms with Crippen LogP contribution in [-0.2, 0) is 6.42 Å². The SMILES string of the molecule is Cc1ncc(Cl)nc1N1CCc2[nH]cnc2[C@H]1c1cc2c(C)cccn2n1. The van der Waals surface area contributed by atoms with Crippen LogP contribution in [0.5, 0.6) is 0 Å². The molecule has 0 saturated heterocycles. The Labute approximate surface area is 161 Å². The fourth-order valence-electron chi connectivity index (χ4n) is 3.80. The fraction of sp³-hybridized carbons (Fsp3) is 0.263. The minimum absolute atomic E-state index is 0.147. The van der Waals surface area contributed by atoms with Gasteiger partial charge in [-0.05, 0) is 31.5 Å². The quantitative estimate of drug-likeness (QED) is 0.578. The molecular formula is C19H18ClN7. The number of aromatic amines is 1. The first-order valence-corrected chi connectivity index (χ1v) is 9.22. The van der Waals surface area contributed by atoms with Crippen molar-refractivity contribution in [2.45, 2.75) is 26.3 Å². The molecule has 0 aromatic carbocycles. The van der Waals surface area contributed by atoms with Crippen molar-refractivity contribution >= 4 is 22.9 Å². The van der Waals surface area contributed by atoms with E-state index in [4.69, 9.17) is 16.7 Å². The van der Waals surface area contributed by atoms with E-state index >= 15 is 0 Å². The van der Waals surface area contributed by atoms with E-state index in [1.165, 1.54) is 5.56 Å². The zero-order valence-electron chi connectivity index (χ0n) is 15.0. The van der Waals surface area contributed by atoms with E-state index in [1.807, 2.05) is 23.7 Å². The molecule has 1 atom stereocenters. The largest absolute Gasteiger partial charge is 0.348 e. The van der Waals surface area contributed by atoms with Crippen LogP contribution < -0.4 is 4.90 Å². The summed E-state index contributed by atoms with van der Waals surface area (Å²) in [5, 5.41) is 5.23. The topological polar surface area (TPSA) is 75.0 Å². The molecule has 1 N–H and O–H groups in total. The monoisotopic (exact) mass is 379 g/mol. The molecule has 4 aromatic rings. The Morgan fingerprint density at radius 2 is 2.15 bits per heavy atom. The zero-order valence-corrected chi connectivity index (χ0v) is 15.8. The number of halogens is 1. The van der Waals surface area contributed by atoms with Gasteiger partial charge in [0.15, 0.2) is 5.82 Å². The molecule has 0 aliphatic carbocycles. The van der Waals surface area contributed by atoms with Crippen LogP contribution in [0.3, 0.4) is 0 Å². The molecule has 0 unspecified atom stereocenters. The number of imidazole rings is 1. The van der Waals surface area contributed by atoms with Crippen molar-refractivity contribution in [1.82, 2.24) is 29.5 Å². The lowest BCUT2D eigenvalue weighted by Crippen LogP contribution is -2.37. The number of aromatic nitrogens is 6. The van der Waals surface area contributed by atoms with Crippen molar-refractivity contribution in [1.29, 1.82) is 0 Å². The maximum atomic E-state index is 6.15. The smallest absolute Gasteiger partial charge is 0.152 e. The Bertz CT molecular complexity index is 1150. The summed E-state index contributed by atoms with van der Waals surface area (Å²) in [5.74, 6) is 0.773. The Morgan fingerprint density at radius 3 is 3.00 bits per heavy atom. The second-order valence-electron chi connectivity index (χ2n) is 6.80. The summed E-state index contributed by atoms with van der Waals surface area (Å²) in [6, 6.07) is 6.08. The third kappa shape index (κ3) is 2.57. The number of H-pyrrole nitrogens is 1. The molecule has 8 heteroatoms. The van der Waals surface area contributed by atoms with Crippen LogP contribution in [0.25, 0.3) is 5.52 Å². The van der Waals surface area contributed by atoms with Gasteiger partial charge in [-0.2, -0.15) is 5.10 Å². The van der Waals surface area contributed by atoms with Gasteiger partial charge in [-0.25, -0.2) is 14.5 Å². The van der Waals surface area contributed by atoms with Crippen molar-refractivity contribution in [3.05, 3.63) is 70.4 Å². The highest BCUT2D eigenvalue weighted by atomic mass is 35.5. The summed E-state index contributed by atoms with van der Waals surface area (Å²) in [5.41, 5.74) is 6.15. The number of anilines is 1. The molecule has 1 aliphatic heterocycles. The molecular weight excluding hydrogens is 362 g/mol. The fourth-order valence-corrected chi connectivity index (χ4v) is 3.93. The van der Waals surface area contributed by atoms with E-state index in [0.717, 1.165) is 47.1 Å². The Kier molecular flexibility index (Phi) is 3.65. The van der Waals surface area contributed by atoms with Gasteiger partial charge in [-0.15, -0.1) is 0 Å². The van der Waals surface area contributed by atoms with Crippen molar-refractivity contribution in [2.24, 2.45) is 0 Å². The highest BCUT2D eigenvalue weighted by Gasteiger charge is 2.34. The van der Waals surface area contributed by atoms with Gasteiger partial charge in [0.05, 0.1) is 35.1 Å². The van der Waals surface area contributed by atoms with Gasteiger partial charge in [-0.1, -0.05) is 17.7 Å². The molecule has 5 rings (SSSR count). The van der Waals surface area contributed by atoms with Crippen LogP contribution in [0.1, 0.15) is 34.4 Å². The van der Waals surface area contributed by atoms with Crippen LogP contribution >= 0.6 is 11.6 Å². The zero-order chi connectivity index (χ0) is 18.5. The van der Waals surface area contributed by atoms with Gasteiger partial charge in [0, 0.05) is 24.9 Å². The van der Waals surface area contributed by atoms with E-state index in [0.29, 0.717) is 5.15 Å². The summed E-state index contributed by atoms with van der Waals surface area (Å²) in [6.07, 6.45) is 6.15. The summed E-state index contributed by atoms with van der Waals surface area (Å²) < 4.78 is 1.92. The average molecular weight is 380 g/mol. The number of nitrogens with zero attached hydrogens (tertiary/aromatic N) is 6. The molecule has 27 heavy (non-hydrogen) atoms. The van der Waals surface area contributed by atoms with Gasteiger partial charge in [-0.3, -0.25) is 4.98 Å². The van der Waals surface area contributed by atoms with Gasteiger partial charge < -0.3 is 9.88 Å². The van der Waals surface area contributed by atoms with Crippen LogP contribution in [-0.4, -0.2) is 36.1 Å². The lowest BCUT2D eigenvalue weighted by Gasteiger charge is -2.35. The molecule has 1 aliphatic rings. The molecule has 0 spiro atoms. The van der Waals surface area contributed by atoms with E-state index in [9.17, 15) is 0 Å². The number of nitrogens with one attached hydrogen (secondary N) is 1. The number of fused-ring (bicyclic) bond motifs is 2. The van der Waals surface area contributed by atoms with Crippen molar-refractivity contribution in [2.75, 3.05) is 11.4 Å². The highest BCUT2D eigenvalue weighted by Crippen LogP contribution is 2.37. The molecule has 0 radical (unpaired) electrons. The van der Waals surface area contributed by atoms with Gasteiger partial charge in [0.25, 0.3) is 0 Å². The molecule has 0 fully saturated rings. The number of rotatable bonds is 2. The number of hydrogen-bond acceptors (Lipinski definition) is 5. The first-order valence-electron chi connectivity index (χ1n) is 8.84. The number of hydrogen-bond donors (Lipinski definition) is 1. The van der Waals surface area contributed by atoms with Crippen LogP contribution in [0.2, 0.25) is 5.15 Å². The van der Waals surface area contributed by atoms with Crippen LogP contribution in [0, 0.1) is 13.8 Å². The Balaban J connectivity index is 1.71. The van der Waals surface area contributed by atoms with Crippen LogP contribution in [0.4, 0.5) is 5.82 Å². The van der Waals surface area contributed by atoms with E-state index in [2.05, 4.69) is 43.9 Å². The molecule has 0 saturated carbocycles. The first kappa shape index (κ1) is 16.3. The number of aryl methyl sites for hydroxylation is 2. The van der Waals surface area contributed by atoms with Crippen molar-refractivity contribution in [3.63, 3.8) is 0 Å². The van der Waals surface area contributed by atoms with Gasteiger partial charge in [0.2, 0.25) is 0 Å². The molecule has 0 amide bonds. The maximum absolute atomic E-state index is 6.15. The van der Waals surface area contributed by atoms with Gasteiger partial charge >= 0.3 is 0 Å². The predicted octanol–water partition coefficient (Wildman–Crippen LogP) is 3.27. The van der Waals surface area contributed by atoms with Gasteiger partial charge in [0.1, 0.15) is 11.2 Å². The Hall–Kier alpha value is -2.93. The van der Waals surface area contributed by atoms with E-state index in [-0.39, 0.29) is 6.04 Å². The van der Waals surface area contributed by atoms with Crippen molar-refractivity contribution in [3.8, 4) is 0 Å². The third-order valence-corrected chi connectivity index (χ3v) is 5.29. The number of pyridine rings is 1. The average Bonchev–Trinajstić information content (AvgIpc) is 3.30. The lowest BCUT2D eigenvalue weighted by molar-refractivity contribution is 0.607. The third-order valence-electron chi connectivity index (χ3n) is 5.11. The maximum Gasteiger partial charge on any atom is 0.152 e. The van der Waals surface area contributed by atoms with Crippen LogP contribution in [0.15, 0.2) is 36.9 Å². The van der Waals surface area contributed by atoms with Crippen molar-refractivity contribution < 1.29 is 0 Å². The Morgan fingerprint density at radius 1 is 1.26 bits per heavy atom. The second-order valence-corrected chi connectivity index (χ2v) is 7.19. The summed E-state index contributed by atoms with van der Waals surface area (Å²) in [6.45, 7) is 4.82. The highest BCUT2D eigenvalue weighted by molar-refractivity contribution is 6.29. The molecule has 7 nitrogen and oxygen atoms in total. The second kappa shape index (κ2) is 6.06. The predicted molar refractivity (Wildman–Crippen MR) is 103 cm³/mol. The molecule has 4 aromatic heterocycles. The molecule has 5 heterocycles. The first-order chi connectivity index (χ1) is 13.1. The molecule has 0 bridgehead atoms. The summed E-state index contributed by atoms with van der Waals surface area (Å²) >= 11 is 6.15. The van der Waals surface area contributed by atoms with E-state index in [1.54, 1.807) is 12.5 Å². The minimum Gasteiger partial charge on any atom is -0.348 e. The summed E-state index contributed by atoms with van der Waals surface area (Å²) in [4.78, 5) is 19.0. The normalized spacial score (nSPS) is 16.7. The molecule has 136 valence electrons. The minimum atomic E-state index is -0.147.